The van der Waals surface area contributed by atoms with Crippen molar-refractivity contribution in [2.45, 2.75) is 26.3 Å². The molecule has 0 spiro atoms. The lowest BCUT2D eigenvalue weighted by Gasteiger charge is -2.16. The first-order valence-corrected chi connectivity index (χ1v) is 7.27. The molecule has 110 valence electrons. The van der Waals surface area contributed by atoms with Crippen LogP contribution in [0.3, 0.4) is 0 Å². The molecule has 0 aliphatic carbocycles. The number of carbonyl (C=O) groups is 2. The van der Waals surface area contributed by atoms with Gasteiger partial charge in [-0.2, -0.15) is 0 Å². The number of carbonyl (C=O) groups excluding carboxylic acids is 1. The maximum Gasteiger partial charge on any atom is 0.354 e. The van der Waals surface area contributed by atoms with Gasteiger partial charge in [0, 0.05) is 29.9 Å². The standard InChI is InChI=1S/C15H15ClN2O3/c1-2-17-11-6-5-9(16)8-10(11)13(14(17)15(20)21)18-7-3-4-12(18)19/h5-6,8H,2-4,7H2,1H3,(H,20,21). The Balaban J connectivity index is 2.38. The Hall–Kier alpha value is -2.01. The molecule has 1 aromatic carbocycles. The summed E-state index contributed by atoms with van der Waals surface area (Å²) in [6.07, 6.45) is 1.20. The number of fused-ring (bicyclic) bond motifs is 1. The van der Waals surface area contributed by atoms with E-state index in [4.69, 9.17) is 11.6 Å². The lowest BCUT2D eigenvalue weighted by atomic mass is 10.2. The molecule has 0 unspecified atom stereocenters. The van der Waals surface area contributed by atoms with E-state index in [2.05, 4.69) is 0 Å². The monoisotopic (exact) mass is 306 g/mol. The Labute approximate surface area is 126 Å². The number of nitrogens with zero attached hydrogens (tertiary/aromatic N) is 2. The van der Waals surface area contributed by atoms with Crippen LogP contribution in [0.15, 0.2) is 18.2 Å². The first kappa shape index (κ1) is 13.9. The van der Waals surface area contributed by atoms with E-state index < -0.39 is 5.97 Å². The van der Waals surface area contributed by atoms with Crippen LogP contribution in [0, 0.1) is 0 Å². The van der Waals surface area contributed by atoms with E-state index in [9.17, 15) is 14.7 Å². The molecule has 2 aromatic rings. The third-order valence-electron chi connectivity index (χ3n) is 3.86. The minimum atomic E-state index is -1.03. The second kappa shape index (κ2) is 5.07. The van der Waals surface area contributed by atoms with Gasteiger partial charge in [-0.15, -0.1) is 0 Å². The molecule has 6 heteroatoms. The molecule has 1 fully saturated rings. The average molecular weight is 307 g/mol. The van der Waals surface area contributed by atoms with Crippen LogP contribution in [0.5, 0.6) is 0 Å². The number of halogens is 1. The summed E-state index contributed by atoms with van der Waals surface area (Å²) in [5, 5.41) is 10.9. The summed E-state index contributed by atoms with van der Waals surface area (Å²) in [5.41, 5.74) is 1.42. The second-order valence-electron chi connectivity index (χ2n) is 5.06. The van der Waals surface area contributed by atoms with E-state index in [-0.39, 0.29) is 11.6 Å². The summed E-state index contributed by atoms with van der Waals surface area (Å²) in [5.74, 6) is -1.06. The lowest BCUT2D eigenvalue weighted by Crippen LogP contribution is -2.26. The summed E-state index contributed by atoms with van der Waals surface area (Å²) in [4.78, 5) is 25.4. The van der Waals surface area contributed by atoms with E-state index in [1.165, 1.54) is 0 Å². The molecule has 1 saturated heterocycles. The van der Waals surface area contributed by atoms with Gasteiger partial charge >= 0.3 is 5.97 Å². The van der Waals surface area contributed by atoms with Gasteiger partial charge in [0.1, 0.15) is 0 Å². The summed E-state index contributed by atoms with van der Waals surface area (Å²) >= 11 is 6.06. The third kappa shape index (κ3) is 2.08. The van der Waals surface area contributed by atoms with Gasteiger partial charge in [-0.25, -0.2) is 4.79 Å². The van der Waals surface area contributed by atoms with Gasteiger partial charge in [-0.3, -0.25) is 4.79 Å². The van der Waals surface area contributed by atoms with Crippen LogP contribution < -0.4 is 4.90 Å². The quantitative estimate of drug-likeness (QED) is 0.947. The minimum Gasteiger partial charge on any atom is -0.477 e. The molecule has 0 saturated carbocycles. The van der Waals surface area contributed by atoms with Crippen LogP contribution in [-0.4, -0.2) is 28.1 Å². The molecule has 0 atom stereocenters. The van der Waals surface area contributed by atoms with Crippen LogP contribution in [0.4, 0.5) is 5.69 Å². The van der Waals surface area contributed by atoms with Crippen molar-refractivity contribution in [3.05, 3.63) is 28.9 Å². The Morgan fingerprint density at radius 1 is 1.43 bits per heavy atom. The Kier molecular flexibility index (Phi) is 3.37. The zero-order valence-electron chi connectivity index (χ0n) is 11.6. The smallest absolute Gasteiger partial charge is 0.354 e. The number of hydrogen-bond acceptors (Lipinski definition) is 2. The van der Waals surface area contributed by atoms with Crippen LogP contribution >= 0.6 is 11.6 Å². The number of benzene rings is 1. The lowest BCUT2D eigenvalue weighted by molar-refractivity contribution is -0.117. The molecule has 1 N–H and O–H groups in total. The van der Waals surface area contributed by atoms with Gasteiger partial charge in [-0.05, 0) is 31.5 Å². The van der Waals surface area contributed by atoms with Crippen molar-refractivity contribution in [2.75, 3.05) is 11.4 Å². The summed E-state index contributed by atoms with van der Waals surface area (Å²) in [6, 6.07) is 5.27. The number of aryl methyl sites for hydroxylation is 1. The van der Waals surface area contributed by atoms with Crippen molar-refractivity contribution in [3.8, 4) is 0 Å². The van der Waals surface area contributed by atoms with Gasteiger partial charge in [-0.1, -0.05) is 11.6 Å². The third-order valence-corrected chi connectivity index (χ3v) is 4.10. The van der Waals surface area contributed by atoms with E-state index in [1.54, 1.807) is 27.7 Å². The van der Waals surface area contributed by atoms with Gasteiger partial charge in [0.05, 0.1) is 11.2 Å². The molecule has 0 bridgehead atoms. The van der Waals surface area contributed by atoms with Gasteiger partial charge in [0.2, 0.25) is 5.91 Å². The fraction of sp³-hybridized carbons (Fsp3) is 0.333. The van der Waals surface area contributed by atoms with Crippen molar-refractivity contribution in [2.24, 2.45) is 0 Å². The number of hydrogen-bond donors (Lipinski definition) is 1. The molecular formula is C15H15ClN2O3. The van der Waals surface area contributed by atoms with Crippen LogP contribution in [0.25, 0.3) is 10.9 Å². The largest absolute Gasteiger partial charge is 0.477 e. The molecule has 1 aliphatic rings. The normalized spacial score (nSPS) is 15.1. The number of aromatic nitrogens is 1. The first-order chi connectivity index (χ1) is 10.0. The number of carboxylic acids is 1. The Morgan fingerprint density at radius 2 is 2.19 bits per heavy atom. The van der Waals surface area contributed by atoms with E-state index in [1.807, 2.05) is 6.92 Å². The highest BCUT2D eigenvalue weighted by Gasteiger charge is 2.31. The van der Waals surface area contributed by atoms with Crippen molar-refractivity contribution in [1.82, 2.24) is 4.57 Å². The number of amides is 1. The molecule has 0 radical (unpaired) electrons. The summed E-state index contributed by atoms with van der Waals surface area (Å²) < 4.78 is 1.72. The van der Waals surface area contributed by atoms with Gasteiger partial charge in [0.25, 0.3) is 0 Å². The van der Waals surface area contributed by atoms with E-state index in [0.29, 0.717) is 30.2 Å². The zero-order chi connectivity index (χ0) is 15.1. The van der Waals surface area contributed by atoms with Crippen molar-refractivity contribution < 1.29 is 14.7 Å². The predicted octanol–water partition coefficient (Wildman–Crippen LogP) is 3.14. The van der Waals surface area contributed by atoms with E-state index in [0.717, 1.165) is 17.3 Å². The highest BCUT2D eigenvalue weighted by atomic mass is 35.5. The molecule has 1 aromatic heterocycles. The Morgan fingerprint density at radius 3 is 2.76 bits per heavy atom. The van der Waals surface area contributed by atoms with E-state index >= 15 is 0 Å². The van der Waals surface area contributed by atoms with Gasteiger partial charge in [0.15, 0.2) is 5.69 Å². The number of aromatic carboxylic acids is 1. The molecule has 1 aliphatic heterocycles. The average Bonchev–Trinajstić information content (AvgIpc) is 2.98. The van der Waals surface area contributed by atoms with Crippen LogP contribution in [-0.2, 0) is 11.3 Å². The first-order valence-electron chi connectivity index (χ1n) is 6.90. The van der Waals surface area contributed by atoms with Crippen LogP contribution in [0.1, 0.15) is 30.3 Å². The SMILES string of the molecule is CCn1c(C(=O)O)c(N2CCCC2=O)c2cc(Cl)ccc21. The summed E-state index contributed by atoms with van der Waals surface area (Å²) in [6.45, 7) is 2.95. The van der Waals surface area contributed by atoms with Gasteiger partial charge < -0.3 is 14.6 Å². The topological polar surface area (TPSA) is 62.5 Å². The highest BCUT2D eigenvalue weighted by molar-refractivity contribution is 6.31. The fourth-order valence-corrected chi connectivity index (χ4v) is 3.18. The minimum absolute atomic E-state index is 0.0346. The molecule has 2 heterocycles. The predicted molar refractivity (Wildman–Crippen MR) is 81.2 cm³/mol. The van der Waals surface area contributed by atoms with Crippen LogP contribution in [0.2, 0.25) is 5.02 Å². The highest BCUT2D eigenvalue weighted by Crippen LogP contribution is 2.37. The molecule has 21 heavy (non-hydrogen) atoms. The number of rotatable bonds is 3. The Bertz CT molecular complexity index is 751. The van der Waals surface area contributed by atoms with Crippen molar-refractivity contribution >= 4 is 40.1 Å². The molecule has 5 nitrogen and oxygen atoms in total. The molecule has 3 rings (SSSR count). The zero-order valence-corrected chi connectivity index (χ0v) is 12.4. The molecule has 1 amide bonds. The number of anilines is 1. The van der Waals surface area contributed by atoms with Crippen molar-refractivity contribution in [3.63, 3.8) is 0 Å². The second-order valence-corrected chi connectivity index (χ2v) is 5.49. The maximum atomic E-state index is 12.1. The summed E-state index contributed by atoms with van der Waals surface area (Å²) in [7, 11) is 0. The fourth-order valence-electron chi connectivity index (χ4n) is 3.01. The number of carboxylic acid groups (broad SMARTS) is 1. The van der Waals surface area contributed by atoms with Crippen molar-refractivity contribution in [1.29, 1.82) is 0 Å². The molecular weight excluding hydrogens is 292 g/mol. The maximum absolute atomic E-state index is 12.1.